The molecule has 0 saturated carbocycles. The lowest BCUT2D eigenvalue weighted by atomic mass is 10.0. The third kappa shape index (κ3) is 4.93. The summed E-state index contributed by atoms with van der Waals surface area (Å²) in [4.78, 5) is 0. The van der Waals surface area contributed by atoms with Crippen molar-refractivity contribution in [3.8, 4) is 0 Å². The Labute approximate surface area is 124 Å². The average molecular weight is 330 g/mol. The zero-order valence-corrected chi connectivity index (χ0v) is 13.2. The van der Waals surface area contributed by atoms with Gasteiger partial charge in [-0.1, -0.05) is 6.92 Å². The van der Waals surface area contributed by atoms with Crippen molar-refractivity contribution < 1.29 is 9.15 Å². The second-order valence-corrected chi connectivity index (χ2v) is 6.00. The molecule has 108 valence electrons. The number of furan rings is 1. The van der Waals surface area contributed by atoms with Crippen molar-refractivity contribution in [2.45, 2.75) is 57.6 Å². The lowest BCUT2D eigenvalue weighted by Gasteiger charge is -2.17. The highest BCUT2D eigenvalue weighted by Gasteiger charge is 2.18. The van der Waals surface area contributed by atoms with Crippen LogP contribution in [0, 0.1) is 0 Å². The number of rotatable bonds is 8. The summed E-state index contributed by atoms with van der Waals surface area (Å²) < 4.78 is 12.2. The van der Waals surface area contributed by atoms with E-state index in [1.165, 1.54) is 25.7 Å². The lowest BCUT2D eigenvalue weighted by Crippen LogP contribution is -2.22. The quantitative estimate of drug-likeness (QED) is 0.765. The number of halogens is 1. The van der Waals surface area contributed by atoms with E-state index < -0.39 is 0 Å². The zero-order chi connectivity index (χ0) is 13.5. The first-order valence-electron chi connectivity index (χ1n) is 7.40. The highest BCUT2D eigenvalue weighted by Crippen LogP contribution is 2.26. The van der Waals surface area contributed by atoms with Crippen molar-refractivity contribution in [1.82, 2.24) is 5.32 Å². The highest BCUT2D eigenvalue weighted by atomic mass is 79.9. The van der Waals surface area contributed by atoms with E-state index in [0.717, 1.165) is 36.4 Å². The maximum Gasteiger partial charge on any atom is 0.169 e. The molecule has 1 fully saturated rings. The van der Waals surface area contributed by atoms with Crippen LogP contribution in [-0.2, 0) is 4.74 Å². The predicted molar refractivity (Wildman–Crippen MR) is 80.3 cm³/mol. The molecule has 0 amide bonds. The van der Waals surface area contributed by atoms with E-state index in [1.807, 2.05) is 6.07 Å². The molecule has 19 heavy (non-hydrogen) atoms. The van der Waals surface area contributed by atoms with Gasteiger partial charge in [0.15, 0.2) is 4.67 Å². The molecule has 0 spiro atoms. The molecule has 1 N–H and O–H groups in total. The summed E-state index contributed by atoms with van der Waals surface area (Å²) in [7, 11) is 0. The van der Waals surface area contributed by atoms with Gasteiger partial charge in [-0.25, -0.2) is 0 Å². The van der Waals surface area contributed by atoms with Crippen molar-refractivity contribution in [2.75, 3.05) is 13.2 Å². The molecule has 0 bridgehead atoms. The molecule has 0 radical (unpaired) electrons. The third-order valence-corrected chi connectivity index (χ3v) is 4.05. The van der Waals surface area contributed by atoms with Crippen LogP contribution >= 0.6 is 15.9 Å². The Morgan fingerprint density at radius 3 is 3.00 bits per heavy atom. The van der Waals surface area contributed by atoms with Crippen molar-refractivity contribution in [3.63, 3.8) is 0 Å². The molecule has 3 nitrogen and oxygen atoms in total. The fraction of sp³-hybridized carbons (Fsp3) is 0.733. The van der Waals surface area contributed by atoms with Crippen LogP contribution in [0.5, 0.6) is 0 Å². The minimum atomic E-state index is 0.327. The van der Waals surface area contributed by atoms with Gasteiger partial charge in [0, 0.05) is 6.61 Å². The number of ether oxygens (including phenoxy) is 1. The molecule has 2 unspecified atom stereocenters. The summed E-state index contributed by atoms with van der Waals surface area (Å²) in [6.45, 7) is 4.17. The van der Waals surface area contributed by atoms with E-state index in [4.69, 9.17) is 9.15 Å². The Morgan fingerprint density at radius 2 is 2.37 bits per heavy atom. The molecule has 2 heterocycles. The monoisotopic (exact) mass is 329 g/mol. The van der Waals surface area contributed by atoms with Crippen molar-refractivity contribution in [3.05, 3.63) is 22.6 Å². The third-order valence-electron chi connectivity index (χ3n) is 3.62. The van der Waals surface area contributed by atoms with Gasteiger partial charge in [0.2, 0.25) is 0 Å². The smallest absolute Gasteiger partial charge is 0.169 e. The van der Waals surface area contributed by atoms with Gasteiger partial charge >= 0.3 is 0 Å². The second-order valence-electron chi connectivity index (χ2n) is 5.21. The predicted octanol–water partition coefficient (Wildman–Crippen LogP) is 4.43. The van der Waals surface area contributed by atoms with Crippen LogP contribution in [0.3, 0.4) is 0 Å². The van der Waals surface area contributed by atoms with Gasteiger partial charge in [-0.3, -0.25) is 0 Å². The first kappa shape index (κ1) is 15.1. The molecule has 4 heteroatoms. The fourth-order valence-corrected chi connectivity index (χ4v) is 2.92. The summed E-state index contributed by atoms with van der Waals surface area (Å²) in [5.41, 5.74) is 0. The Kier molecular flexibility index (Phi) is 6.41. The Bertz CT molecular complexity index is 361. The number of hydrogen-bond acceptors (Lipinski definition) is 3. The lowest BCUT2D eigenvalue weighted by molar-refractivity contribution is 0.101. The molecule has 1 saturated heterocycles. The summed E-state index contributed by atoms with van der Waals surface area (Å²) in [5.74, 6) is 1.03. The van der Waals surface area contributed by atoms with E-state index in [9.17, 15) is 0 Å². The van der Waals surface area contributed by atoms with Crippen LogP contribution in [0.1, 0.15) is 57.3 Å². The normalized spacial score (nSPS) is 20.8. The van der Waals surface area contributed by atoms with Gasteiger partial charge in [-0.05, 0) is 73.1 Å². The summed E-state index contributed by atoms with van der Waals surface area (Å²) in [6.07, 6.45) is 7.57. The molecule has 2 rings (SSSR count). The SMILES string of the molecule is CCCNC(CCCC1CCCO1)c1ccc(Br)o1. The van der Waals surface area contributed by atoms with Crippen LogP contribution in [0.2, 0.25) is 0 Å². The largest absolute Gasteiger partial charge is 0.453 e. The van der Waals surface area contributed by atoms with Crippen LogP contribution in [0.25, 0.3) is 0 Å². The maximum atomic E-state index is 5.69. The van der Waals surface area contributed by atoms with Gasteiger partial charge in [0.05, 0.1) is 12.1 Å². The van der Waals surface area contributed by atoms with Crippen molar-refractivity contribution in [1.29, 1.82) is 0 Å². The average Bonchev–Trinajstić information content (AvgIpc) is 3.05. The zero-order valence-electron chi connectivity index (χ0n) is 11.7. The molecule has 0 aromatic carbocycles. The minimum Gasteiger partial charge on any atom is -0.453 e. The summed E-state index contributed by atoms with van der Waals surface area (Å²) >= 11 is 3.38. The summed E-state index contributed by atoms with van der Waals surface area (Å²) in [5, 5.41) is 3.57. The summed E-state index contributed by atoms with van der Waals surface area (Å²) in [6, 6.07) is 4.35. The van der Waals surface area contributed by atoms with E-state index in [0.29, 0.717) is 12.1 Å². The standard InChI is InChI=1S/C15H24BrNO2/c1-2-10-17-13(14-8-9-15(16)19-14)7-3-5-12-6-4-11-18-12/h8-9,12-13,17H,2-7,10-11H2,1H3. The molecular formula is C15H24BrNO2. The molecular weight excluding hydrogens is 306 g/mol. The van der Waals surface area contributed by atoms with E-state index >= 15 is 0 Å². The van der Waals surface area contributed by atoms with Gasteiger partial charge < -0.3 is 14.5 Å². The van der Waals surface area contributed by atoms with Crippen LogP contribution in [-0.4, -0.2) is 19.3 Å². The maximum absolute atomic E-state index is 5.69. The van der Waals surface area contributed by atoms with Gasteiger partial charge in [0.25, 0.3) is 0 Å². The number of hydrogen-bond donors (Lipinski definition) is 1. The highest BCUT2D eigenvalue weighted by molar-refractivity contribution is 9.10. The van der Waals surface area contributed by atoms with Crippen molar-refractivity contribution >= 4 is 15.9 Å². The molecule has 1 aromatic heterocycles. The fourth-order valence-electron chi connectivity index (χ4n) is 2.60. The molecule has 1 aliphatic heterocycles. The van der Waals surface area contributed by atoms with Gasteiger partial charge in [-0.2, -0.15) is 0 Å². The van der Waals surface area contributed by atoms with Gasteiger partial charge in [-0.15, -0.1) is 0 Å². The van der Waals surface area contributed by atoms with Crippen LogP contribution in [0.4, 0.5) is 0 Å². The molecule has 0 aliphatic carbocycles. The molecule has 1 aliphatic rings. The Morgan fingerprint density at radius 1 is 1.47 bits per heavy atom. The first-order chi connectivity index (χ1) is 9.29. The van der Waals surface area contributed by atoms with Gasteiger partial charge in [0.1, 0.15) is 5.76 Å². The Balaban J connectivity index is 1.79. The molecule has 1 aromatic rings. The van der Waals surface area contributed by atoms with Crippen molar-refractivity contribution in [2.24, 2.45) is 0 Å². The van der Waals surface area contributed by atoms with Crippen LogP contribution < -0.4 is 5.32 Å². The minimum absolute atomic E-state index is 0.327. The second kappa shape index (κ2) is 8.08. The topological polar surface area (TPSA) is 34.4 Å². The van der Waals surface area contributed by atoms with E-state index in [-0.39, 0.29) is 0 Å². The van der Waals surface area contributed by atoms with E-state index in [1.54, 1.807) is 0 Å². The van der Waals surface area contributed by atoms with E-state index in [2.05, 4.69) is 34.2 Å². The first-order valence-corrected chi connectivity index (χ1v) is 8.19. The van der Waals surface area contributed by atoms with Crippen LogP contribution in [0.15, 0.2) is 21.2 Å². The number of nitrogens with one attached hydrogen (secondary N) is 1. The molecule has 2 atom stereocenters. The Hall–Kier alpha value is -0.320.